The van der Waals surface area contributed by atoms with Crippen LogP contribution in [0.4, 0.5) is 0 Å². The Hall–Kier alpha value is -2.30. The van der Waals surface area contributed by atoms with Crippen LogP contribution in [-0.4, -0.2) is 22.8 Å². The van der Waals surface area contributed by atoms with Crippen LogP contribution in [0.5, 0.6) is 5.75 Å². The van der Waals surface area contributed by atoms with Gasteiger partial charge in [-0.05, 0) is 56.4 Å². The number of rotatable bonds is 4. The lowest BCUT2D eigenvalue weighted by atomic mass is 9.87. The van der Waals surface area contributed by atoms with E-state index in [9.17, 15) is 4.79 Å². The molecule has 0 fully saturated rings. The molecule has 1 N–H and O–H groups in total. The fourth-order valence-corrected chi connectivity index (χ4v) is 3.05. The molecule has 0 saturated carbocycles. The topological polar surface area (TPSA) is 56.1 Å². The van der Waals surface area contributed by atoms with Crippen LogP contribution >= 0.6 is 0 Å². The molecule has 23 heavy (non-hydrogen) atoms. The Labute approximate surface area is 136 Å². The Bertz CT molecular complexity index is 706. The molecule has 122 valence electrons. The molecule has 0 unspecified atom stereocenters. The largest absolute Gasteiger partial charge is 0.497 e. The highest BCUT2D eigenvalue weighted by atomic mass is 16.5. The summed E-state index contributed by atoms with van der Waals surface area (Å²) in [6, 6.07) is 6.40. The third-order valence-corrected chi connectivity index (χ3v) is 4.36. The Morgan fingerprint density at radius 2 is 2.26 bits per heavy atom. The molecule has 1 aliphatic rings. The first-order valence-electron chi connectivity index (χ1n) is 8.10. The fourth-order valence-electron chi connectivity index (χ4n) is 3.05. The average molecular weight is 313 g/mol. The summed E-state index contributed by atoms with van der Waals surface area (Å²) in [4.78, 5) is 12.5. The zero-order valence-corrected chi connectivity index (χ0v) is 13.9. The van der Waals surface area contributed by atoms with Crippen LogP contribution in [0, 0.1) is 0 Å². The lowest BCUT2D eigenvalue weighted by molar-refractivity contribution is 0.0932. The number of hydrogen-bond acceptors (Lipinski definition) is 3. The fraction of sp³-hybridized carbons (Fsp3) is 0.444. The van der Waals surface area contributed by atoms with Gasteiger partial charge in [-0.25, -0.2) is 0 Å². The Kier molecular flexibility index (Phi) is 4.37. The van der Waals surface area contributed by atoms with Crippen molar-refractivity contribution < 1.29 is 9.53 Å². The number of nitrogens with one attached hydrogen (secondary N) is 1. The van der Waals surface area contributed by atoms with Gasteiger partial charge in [0.2, 0.25) is 0 Å². The molecular formula is C18H23N3O2. The van der Waals surface area contributed by atoms with Crippen LogP contribution in [0.15, 0.2) is 30.6 Å². The molecule has 5 nitrogen and oxygen atoms in total. The first kappa shape index (κ1) is 15.6. The summed E-state index contributed by atoms with van der Waals surface area (Å²) < 4.78 is 7.09. The summed E-state index contributed by atoms with van der Waals surface area (Å²) in [7, 11) is 1.68. The van der Waals surface area contributed by atoms with E-state index in [1.165, 1.54) is 11.1 Å². The van der Waals surface area contributed by atoms with Crippen LogP contribution in [0.25, 0.3) is 0 Å². The molecule has 0 saturated heterocycles. The van der Waals surface area contributed by atoms with E-state index in [-0.39, 0.29) is 18.0 Å². The van der Waals surface area contributed by atoms with Crippen molar-refractivity contribution in [3.05, 3.63) is 47.3 Å². The van der Waals surface area contributed by atoms with Gasteiger partial charge < -0.3 is 10.1 Å². The first-order chi connectivity index (χ1) is 11.1. The SMILES string of the molecule is COc1ccc2c(c1)CCC[C@H]2NC(=O)c1cnn(C(C)C)c1. The Balaban J connectivity index is 1.77. The normalized spacial score (nSPS) is 17.0. The van der Waals surface area contributed by atoms with E-state index in [0.717, 1.165) is 25.0 Å². The van der Waals surface area contributed by atoms with Crippen molar-refractivity contribution in [2.24, 2.45) is 0 Å². The van der Waals surface area contributed by atoms with Gasteiger partial charge in [0.1, 0.15) is 5.75 Å². The maximum Gasteiger partial charge on any atom is 0.254 e. The van der Waals surface area contributed by atoms with Crippen molar-refractivity contribution in [1.29, 1.82) is 0 Å². The highest BCUT2D eigenvalue weighted by molar-refractivity contribution is 5.94. The minimum absolute atomic E-state index is 0.0551. The zero-order chi connectivity index (χ0) is 16.4. The molecular weight excluding hydrogens is 290 g/mol. The molecule has 5 heteroatoms. The second-order valence-corrected chi connectivity index (χ2v) is 6.29. The van der Waals surface area contributed by atoms with E-state index >= 15 is 0 Å². The maximum atomic E-state index is 12.5. The van der Waals surface area contributed by atoms with E-state index in [1.807, 2.05) is 19.9 Å². The lowest BCUT2D eigenvalue weighted by Gasteiger charge is -2.26. The summed E-state index contributed by atoms with van der Waals surface area (Å²) in [6.45, 7) is 4.08. The number of aromatic nitrogens is 2. The molecule has 0 bridgehead atoms. The third-order valence-electron chi connectivity index (χ3n) is 4.36. The number of carbonyl (C=O) groups is 1. The number of nitrogens with zero attached hydrogens (tertiary/aromatic N) is 2. The molecule has 0 aliphatic heterocycles. The predicted octanol–water partition coefficient (Wildman–Crippen LogP) is 3.28. The minimum atomic E-state index is -0.0643. The van der Waals surface area contributed by atoms with Crippen molar-refractivity contribution in [1.82, 2.24) is 15.1 Å². The van der Waals surface area contributed by atoms with Gasteiger partial charge in [-0.3, -0.25) is 9.48 Å². The van der Waals surface area contributed by atoms with Crippen molar-refractivity contribution >= 4 is 5.91 Å². The number of fused-ring (bicyclic) bond motifs is 1. The van der Waals surface area contributed by atoms with Crippen molar-refractivity contribution in [2.75, 3.05) is 7.11 Å². The summed E-state index contributed by atoms with van der Waals surface area (Å²) in [6.07, 6.45) is 6.49. The monoisotopic (exact) mass is 313 g/mol. The zero-order valence-electron chi connectivity index (χ0n) is 13.9. The smallest absolute Gasteiger partial charge is 0.254 e. The molecule has 0 radical (unpaired) electrons. The van der Waals surface area contributed by atoms with Gasteiger partial charge in [-0.1, -0.05) is 6.07 Å². The van der Waals surface area contributed by atoms with Gasteiger partial charge in [0.25, 0.3) is 5.91 Å². The number of carbonyl (C=O) groups excluding carboxylic acids is 1. The predicted molar refractivity (Wildman–Crippen MR) is 88.8 cm³/mol. The standard InChI is InChI=1S/C18H23N3O2/c1-12(2)21-11-14(10-19-21)18(22)20-17-6-4-5-13-9-15(23-3)7-8-16(13)17/h7-12,17H,4-6H2,1-3H3,(H,20,22)/t17-/m1/s1. The molecule has 1 aliphatic carbocycles. The second-order valence-electron chi connectivity index (χ2n) is 6.29. The summed E-state index contributed by atoms with van der Waals surface area (Å²) in [5.41, 5.74) is 3.07. The molecule has 1 amide bonds. The molecule has 1 heterocycles. The first-order valence-corrected chi connectivity index (χ1v) is 8.10. The number of amides is 1. The number of aryl methyl sites for hydroxylation is 1. The van der Waals surface area contributed by atoms with E-state index in [4.69, 9.17) is 4.74 Å². The maximum absolute atomic E-state index is 12.5. The number of hydrogen-bond donors (Lipinski definition) is 1. The lowest BCUT2D eigenvalue weighted by Crippen LogP contribution is -2.30. The number of ether oxygens (including phenoxy) is 1. The van der Waals surface area contributed by atoms with E-state index < -0.39 is 0 Å². The average Bonchev–Trinajstić information content (AvgIpc) is 3.05. The molecule has 1 atom stereocenters. The van der Waals surface area contributed by atoms with Crippen LogP contribution < -0.4 is 10.1 Å². The van der Waals surface area contributed by atoms with Crippen LogP contribution in [0.3, 0.4) is 0 Å². The molecule has 3 rings (SSSR count). The van der Waals surface area contributed by atoms with Gasteiger partial charge in [-0.2, -0.15) is 5.10 Å². The number of methoxy groups -OCH3 is 1. The van der Waals surface area contributed by atoms with Crippen LogP contribution in [0.2, 0.25) is 0 Å². The molecule has 1 aromatic carbocycles. The molecule has 2 aromatic rings. The van der Waals surface area contributed by atoms with Gasteiger partial charge in [0.05, 0.1) is 24.9 Å². The highest BCUT2D eigenvalue weighted by Gasteiger charge is 2.23. The van der Waals surface area contributed by atoms with Gasteiger partial charge in [-0.15, -0.1) is 0 Å². The Morgan fingerprint density at radius 1 is 1.43 bits per heavy atom. The van der Waals surface area contributed by atoms with Crippen LogP contribution in [0.1, 0.15) is 60.3 Å². The summed E-state index contributed by atoms with van der Waals surface area (Å²) in [5.74, 6) is 0.805. The van der Waals surface area contributed by atoms with E-state index in [0.29, 0.717) is 5.56 Å². The third kappa shape index (κ3) is 3.23. The highest BCUT2D eigenvalue weighted by Crippen LogP contribution is 2.32. The van der Waals surface area contributed by atoms with Gasteiger partial charge in [0, 0.05) is 12.2 Å². The second kappa shape index (κ2) is 6.44. The van der Waals surface area contributed by atoms with Crippen molar-refractivity contribution in [2.45, 2.75) is 45.2 Å². The number of benzene rings is 1. The Morgan fingerprint density at radius 3 is 2.96 bits per heavy atom. The quantitative estimate of drug-likeness (QED) is 0.942. The van der Waals surface area contributed by atoms with Gasteiger partial charge in [0.15, 0.2) is 0 Å². The molecule has 0 spiro atoms. The molecule has 1 aromatic heterocycles. The summed E-state index contributed by atoms with van der Waals surface area (Å²) in [5, 5.41) is 7.38. The van der Waals surface area contributed by atoms with Crippen molar-refractivity contribution in [3.63, 3.8) is 0 Å². The summed E-state index contributed by atoms with van der Waals surface area (Å²) >= 11 is 0. The van der Waals surface area contributed by atoms with E-state index in [2.05, 4.69) is 22.5 Å². The minimum Gasteiger partial charge on any atom is -0.497 e. The van der Waals surface area contributed by atoms with Crippen LogP contribution in [-0.2, 0) is 6.42 Å². The van der Waals surface area contributed by atoms with Gasteiger partial charge >= 0.3 is 0 Å². The van der Waals surface area contributed by atoms with E-state index in [1.54, 1.807) is 24.2 Å². The van der Waals surface area contributed by atoms with Crippen molar-refractivity contribution in [3.8, 4) is 5.75 Å².